The molecule has 0 aliphatic carbocycles. The summed E-state index contributed by atoms with van der Waals surface area (Å²) in [5.74, 6) is -0.206. The van der Waals surface area contributed by atoms with Crippen molar-refractivity contribution in [3.63, 3.8) is 0 Å². The number of phenolic OH excluding ortho intramolecular Hbond substituents is 1. The molecule has 0 saturated heterocycles. The molecule has 2 aromatic carbocycles. The fourth-order valence-corrected chi connectivity index (χ4v) is 2.11. The van der Waals surface area contributed by atoms with Gasteiger partial charge >= 0.3 is 0 Å². The number of carbonyl (C=O) groups excluding carboxylic acids is 1. The maximum Gasteiger partial charge on any atom is 0.261 e. The maximum atomic E-state index is 12.3. The SMILES string of the molecule is Cc1noc(NC(=O)c2cc3ccccc3cc2O)c1C. The predicted molar refractivity (Wildman–Crippen MR) is 79.5 cm³/mol. The van der Waals surface area contributed by atoms with E-state index >= 15 is 0 Å². The van der Waals surface area contributed by atoms with Crippen molar-refractivity contribution in [2.75, 3.05) is 5.32 Å². The van der Waals surface area contributed by atoms with Gasteiger partial charge in [0, 0.05) is 5.56 Å². The largest absolute Gasteiger partial charge is 0.507 e. The van der Waals surface area contributed by atoms with Gasteiger partial charge in [-0.15, -0.1) is 0 Å². The van der Waals surface area contributed by atoms with Gasteiger partial charge in [-0.1, -0.05) is 29.4 Å². The topological polar surface area (TPSA) is 75.4 Å². The summed E-state index contributed by atoms with van der Waals surface area (Å²) in [6, 6.07) is 10.7. The zero-order valence-corrected chi connectivity index (χ0v) is 11.7. The van der Waals surface area contributed by atoms with E-state index in [-0.39, 0.29) is 11.3 Å². The third-order valence-corrected chi connectivity index (χ3v) is 3.49. The van der Waals surface area contributed by atoms with Gasteiger partial charge in [0.1, 0.15) is 5.75 Å². The monoisotopic (exact) mass is 282 g/mol. The summed E-state index contributed by atoms with van der Waals surface area (Å²) in [5.41, 5.74) is 1.68. The minimum atomic E-state index is -0.433. The Bertz CT molecular complexity index is 837. The smallest absolute Gasteiger partial charge is 0.261 e. The minimum absolute atomic E-state index is 0.0694. The van der Waals surface area contributed by atoms with Gasteiger partial charge in [-0.25, -0.2) is 0 Å². The Balaban J connectivity index is 1.97. The first kappa shape index (κ1) is 13.2. The van der Waals surface area contributed by atoms with Crippen LogP contribution in [0.2, 0.25) is 0 Å². The van der Waals surface area contributed by atoms with E-state index in [1.54, 1.807) is 19.1 Å². The number of fused-ring (bicyclic) bond motifs is 1. The fraction of sp³-hybridized carbons (Fsp3) is 0.125. The van der Waals surface area contributed by atoms with E-state index in [1.165, 1.54) is 0 Å². The highest BCUT2D eigenvalue weighted by Crippen LogP contribution is 2.26. The van der Waals surface area contributed by atoms with Gasteiger partial charge < -0.3 is 9.63 Å². The van der Waals surface area contributed by atoms with E-state index in [2.05, 4.69) is 10.5 Å². The van der Waals surface area contributed by atoms with Crippen molar-refractivity contribution >= 4 is 22.6 Å². The number of benzene rings is 2. The third kappa shape index (κ3) is 2.33. The molecule has 1 aromatic heterocycles. The van der Waals surface area contributed by atoms with Crippen LogP contribution in [-0.4, -0.2) is 16.2 Å². The lowest BCUT2D eigenvalue weighted by Crippen LogP contribution is -2.12. The van der Waals surface area contributed by atoms with E-state index < -0.39 is 5.91 Å². The summed E-state index contributed by atoms with van der Waals surface area (Å²) in [6.45, 7) is 3.60. The Labute approximate surface area is 121 Å². The van der Waals surface area contributed by atoms with Gasteiger partial charge in [-0.2, -0.15) is 0 Å². The van der Waals surface area contributed by atoms with Gasteiger partial charge in [-0.05, 0) is 36.8 Å². The van der Waals surface area contributed by atoms with Gasteiger partial charge in [0.2, 0.25) is 5.88 Å². The first-order valence-corrected chi connectivity index (χ1v) is 6.52. The van der Waals surface area contributed by atoms with Crippen molar-refractivity contribution < 1.29 is 14.4 Å². The predicted octanol–water partition coefficient (Wildman–Crippen LogP) is 3.40. The molecule has 0 unspecified atom stereocenters. The summed E-state index contributed by atoms with van der Waals surface area (Å²) < 4.78 is 5.05. The molecule has 3 rings (SSSR count). The molecule has 5 nitrogen and oxygen atoms in total. The lowest BCUT2D eigenvalue weighted by Gasteiger charge is -2.07. The molecule has 5 heteroatoms. The number of amides is 1. The van der Waals surface area contributed by atoms with Crippen molar-refractivity contribution in [3.05, 3.63) is 53.2 Å². The minimum Gasteiger partial charge on any atom is -0.507 e. The number of carbonyl (C=O) groups is 1. The van der Waals surface area contributed by atoms with Crippen LogP contribution in [0.4, 0.5) is 5.88 Å². The molecule has 0 spiro atoms. The van der Waals surface area contributed by atoms with Crippen molar-refractivity contribution in [2.45, 2.75) is 13.8 Å². The van der Waals surface area contributed by atoms with Gasteiger partial charge in [0.15, 0.2) is 0 Å². The quantitative estimate of drug-likeness (QED) is 0.755. The molecular weight excluding hydrogens is 268 g/mol. The highest BCUT2D eigenvalue weighted by Gasteiger charge is 2.16. The molecule has 21 heavy (non-hydrogen) atoms. The number of nitrogens with one attached hydrogen (secondary N) is 1. The Hall–Kier alpha value is -2.82. The van der Waals surface area contributed by atoms with E-state index in [1.807, 2.05) is 31.2 Å². The average molecular weight is 282 g/mol. The Morgan fingerprint density at radius 2 is 1.86 bits per heavy atom. The number of rotatable bonds is 2. The third-order valence-electron chi connectivity index (χ3n) is 3.49. The maximum absolute atomic E-state index is 12.3. The van der Waals surface area contributed by atoms with E-state index in [0.29, 0.717) is 11.6 Å². The molecule has 0 fully saturated rings. The first-order valence-electron chi connectivity index (χ1n) is 6.52. The fourth-order valence-electron chi connectivity index (χ4n) is 2.11. The van der Waals surface area contributed by atoms with E-state index in [4.69, 9.17) is 4.52 Å². The second-order valence-electron chi connectivity index (χ2n) is 4.89. The number of aromatic hydroxyl groups is 1. The summed E-state index contributed by atoms with van der Waals surface area (Å²) in [7, 11) is 0. The van der Waals surface area contributed by atoms with Crippen LogP contribution in [0.5, 0.6) is 5.75 Å². The lowest BCUT2D eigenvalue weighted by molar-refractivity contribution is 0.102. The zero-order chi connectivity index (χ0) is 15.0. The van der Waals surface area contributed by atoms with Crippen LogP contribution < -0.4 is 5.32 Å². The second kappa shape index (κ2) is 4.94. The van der Waals surface area contributed by atoms with Crippen LogP contribution in [0.15, 0.2) is 40.9 Å². The Morgan fingerprint density at radius 3 is 2.48 bits per heavy atom. The molecule has 1 heterocycles. The molecule has 0 radical (unpaired) electrons. The lowest BCUT2D eigenvalue weighted by atomic mass is 10.1. The van der Waals surface area contributed by atoms with Crippen LogP contribution in [0, 0.1) is 13.8 Å². The van der Waals surface area contributed by atoms with Crippen molar-refractivity contribution in [2.24, 2.45) is 0 Å². The van der Waals surface area contributed by atoms with Crippen LogP contribution in [-0.2, 0) is 0 Å². The molecule has 0 aliphatic rings. The molecule has 0 aliphatic heterocycles. The summed E-state index contributed by atoms with van der Waals surface area (Å²) in [4.78, 5) is 12.3. The second-order valence-corrected chi connectivity index (χ2v) is 4.89. The molecule has 106 valence electrons. The Kier molecular flexibility index (Phi) is 3.10. The van der Waals surface area contributed by atoms with Gasteiger partial charge in [0.25, 0.3) is 5.91 Å². The highest BCUT2D eigenvalue weighted by atomic mass is 16.5. The molecule has 1 amide bonds. The van der Waals surface area contributed by atoms with Crippen molar-refractivity contribution in [3.8, 4) is 5.75 Å². The van der Waals surface area contributed by atoms with Crippen LogP contribution in [0.1, 0.15) is 21.6 Å². The van der Waals surface area contributed by atoms with Crippen LogP contribution in [0.25, 0.3) is 10.8 Å². The van der Waals surface area contributed by atoms with Gasteiger partial charge in [-0.3, -0.25) is 10.1 Å². The summed E-state index contributed by atoms with van der Waals surface area (Å²) in [6.07, 6.45) is 0. The zero-order valence-electron chi connectivity index (χ0n) is 11.7. The van der Waals surface area contributed by atoms with Crippen molar-refractivity contribution in [1.29, 1.82) is 0 Å². The van der Waals surface area contributed by atoms with Crippen molar-refractivity contribution in [1.82, 2.24) is 5.16 Å². The highest BCUT2D eigenvalue weighted by molar-refractivity contribution is 6.08. The number of aryl methyl sites for hydroxylation is 1. The average Bonchev–Trinajstić information content (AvgIpc) is 2.78. The first-order chi connectivity index (χ1) is 10.1. The molecular formula is C16H14N2O3. The molecule has 0 bridgehead atoms. The number of hydrogen-bond donors (Lipinski definition) is 2. The molecule has 0 atom stereocenters. The summed E-state index contributed by atoms with van der Waals surface area (Å²) >= 11 is 0. The van der Waals surface area contributed by atoms with Crippen LogP contribution in [0.3, 0.4) is 0 Å². The molecule has 0 saturated carbocycles. The molecule has 3 aromatic rings. The molecule has 2 N–H and O–H groups in total. The van der Waals surface area contributed by atoms with Crippen LogP contribution >= 0.6 is 0 Å². The van der Waals surface area contributed by atoms with E-state index in [9.17, 15) is 9.90 Å². The Morgan fingerprint density at radius 1 is 1.19 bits per heavy atom. The number of nitrogens with zero attached hydrogens (tertiary/aromatic N) is 1. The van der Waals surface area contributed by atoms with E-state index in [0.717, 1.165) is 16.3 Å². The number of anilines is 1. The summed E-state index contributed by atoms with van der Waals surface area (Å²) in [5, 5.41) is 18.2. The standard InChI is InChI=1S/C16H14N2O3/c1-9-10(2)18-21-16(9)17-15(20)13-7-11-5-3-4-6-12(11)8-14(13)19/h3-8,19H,1-2H3,(H,17,20). The number of aromatic nitrogens is 1. The normalized spacial score (nSPS) is 10.8. The van der Waals surface area contributed by atoms with Gasteiger partial charge in [0.05, 0.1) is 11.3 Å². The number of phenols is 1. The number of hydrogen-bond acceptors (Lipinski definition) is 4.